The van der Waals surface area contributed by atoms with E-state index in [1.807, 2.05) is 6.92 Å². The number of amides is 2. The first-order valence-corrected chi connectivity index (χ1v) is 6.08. The number of carboxylic acids is 1. The van der Waals surface area contributed by atoms with Crippen molar-refractivity contribution in [1.82, 2.24) is 9.80 Å². The summed E-state index contributed by atoms with van der Waals surface area (Å²) in [4.78, 5) is 25.8. The van der Waals surface area contributed by atoms with Gasteiger partial charge in [-0.1, -0.05) is 6.92 Å². The normalized spacial score (nSPS) is 23.2. The van der Waals surface area contributed by atoms with E-state index in [1.165, 1.54) is 9.80 Å². The standard InChI is InChI=1S/C11H20N2O5/c1-2-3-12(4-5-14)11(18)13-7-8(15)6-9(13)10(16)17/h8-9,14-15H,2-7H2,1H3,(H,16,17)/t8-,9-/m0/s1. The highest BCUT2D eigenvalue weighted by molar-refractivity contribution is 5.83. The third-order valence-electron chi connectivity index (χ3n) is 2.94. The van der Waals surface area contributed by atoms with E-state index >= 15 is 0 Å². The summed E-state index contributed by atoms with van der Waals surface area (Å²) in [5, 5.41) is 27.4. The van der Waals surface area contributed by atoms with Crippen molar-refractivity contribution < 1.29 is 24.9 Å². The third kappa shape index (κ3) is 3.33. The van der Waals surface area contributed by atoms with Gasteiger partial charge in [0.1, 0.15) is 6.04 Å². The Balaban J connectivity index is 2.76. The molecule has 2 atom stereocenters. The average molecular weight is 260 g/mol. The van der Waals surface area contributed by atoms with Gasteiger partial charge in [0.2, 0.25) is 0 Å². The van der Waals surface area contributed by atoms with Crippen LogP contribution in [-0.4, -0.2) is 75.5 Å². The molecule has 0 spiro atoms. The second-order valence-electron chi connectivity index (χ2n) is 4.39. The van der Waals surface area contributed by atoms with Crippen LogP contribution in [0.15, 0.2) is 0 Å². The summed E-state index contributed by atoms with van der Waals surface area (Å²) in [6.45, 7) is 2.39. The van der Waals surface area contributed by atoms with Crippen molar-refractivity contribution in [3.05, 3.63) is 0 Å². The molecule has 0 aromatic heterocycles. The molecule has 1 aliphatic heterocycles. The maximum Gasteiger partial charge on any atom is 0.326 e. The molecular weight excluding hydrogens is 240 g/mol. The predicted octanol–water partition coefficient (Wildman–Crippen LogP) is -0.669. The molecule has 0 unspecified atom stereocenters. The number of urea groups is 1. The fourth-order valence-electron chi connectivity index (χ4n) is 2.13. The van der Waals surface area contributed by atoms with E-state index < -0.39 is 24.1 Å². The number of aliphatic carboxylic acids is 1. The Morgan fingerprint density at radius 3 is 2.56 bits per heavy atom. The summed E-state index contributed by atoms with van der Waals surface area (Å²) < 4.78 is 0. The smallest absolute Gasteiger partial charge is 0.326 e. The summed E-state index contributed by atoms with van der Waals surface area (Å²) in [5.41, 5.74) is 0. The molecule has 0 aliphatic carbocycles. The van der Waals surface area contributed by atoms with Gasteiger partial charge in [-0.2, -0.15) is 0 Å². The molecular formula is C11H20N2O5. The van der Waals surface area contributed by atoms with Gasteiger partial charge in [-0.3, -0.25) is 0 Å². The van der Waals surface area contributed by atoms with Crippen molar-refractivity contribution in [1.29, 1.82) is 0 Å². The maximum absolute atomic E-state index is 12.2. The Morgan fingerprint density at radius 1 is 1.39 bits per heavy atom. The molecule has 1 rings (SSSR count). The molecule has 2 amide bonds. The molecule has 0 aromatic carbocycles. The van der Waals surface area contributed by atoms with Gasteiger partial charge in [0.05, 0.1) is 12.7 Å². The number of carbonyl (C=O) groups is 2. The van der Waals surface area contributed by atoms with Crippen LogP contribution in [0.2, 0.25) is 0 Å². The van der Waals surface area contributed by atoms with E-state index in [-0.39, 0.29) is 26.1 Å². The van der Waals surface area contributed by atoms with Crippen molar-refractivity contribution in [2.45, 2.75) is 31.9 Å². The largest absolute Gasteiger partial charge is 0.480 e. The fraction of sp³-hybridized carbons (Fsp3) is 0.818. The highest BCUT2D eigenvalue weighted by Crippen LogP contribution is 2.20. The van der Waals surface area contributed by atoms with Crippen LogP contribution in [0.3, 0.4) is 0 Å². The number of hydrogen-bond acceptors (Lipinski definition) is 4. The van der Waals surface area contributed by atoms with Crippen molar-refractivity contribution in [3.63, 3.8) is 0 Å². The first-order valence-electron chi connectivity index (χ1n) is 6.08. The first-order chi connectivity index (χ1) is 8.51. The molecule has 0 saturated carbocycles. The highest BCUT2D eigenvalue weighted by atomic mass is 16.4. The minimum Gasteiger partial charge on any atom is -0.480 e. The van der Waals surface area contributed by atoms with Crippen molar-refractivity contribution >= 4 is 12.0 Å². The maximum atomic E-state index is 12.2. The molecule has 7 heteroatoms. The number of likely N-dealkylation sites (tertiary alicyclic amines) is 1. The highest BCUT2D eigenvalue weighted by Gasteiger charge is 2.40. The zero-order valence-electron chi connectivity index (χ0n) is 10.4. The number of rotatable bonds is 5. The summed E-state index contributed by atoms with van der Waals surface area (Å²) in [7, 11) is 0. The number of aliphatic hydroxyl groups excluding tert-OH is 2. The van der Waals surface area contributed by atoms with Crippen LogP contribution in [0.5, 0.6) is 0 Å². The molecule has 1 fully saturated rings. The molecule has 1 aliphatic rings. The lowest BCUT2D eigenvalue weighted by molar-refractivity contribution is -0.141. The topological polar surface area (TPSA) is 101 Å². The van der Waals surface area contributed by atoms with Crippen LogP contribution in [0, 0.1) is 0 Å². The van der Waals surface area contributed by atoms with Gasteiger partial charge in [0, 0.05) is 26.1 Å². The van der Waals surface area contributed by atoms with Crippen LogP contribution in [0.4, 0.5) is 4.79 Å². The molecule has 0 radical (unpaired) electrons. The van der Waals surface area contributed by atoms with Gasteiger partial charge in [-0.15, -0.1) is 0 Å². The van der Waals surface area contributed by atoms with Crippen LogP contribution in [0.1, 0.15) is 19.8 Å². The SMILES string of the molecule is CCCN(CCO)C(=O)N1C[C@@H](O)C[C@H]1C(=O)O. The van der Waals surface area contributed by atoms with Crippen LogP contribution in [0.25, 0.3) is 0 Å². The Kier molecular flexibility index (Phi) is 5.36. The van der Waals surface area contributed by atoms with Crippen LogP contribution in [-0.2, 0) is 4.79 Å². The van der Waals surface area contributed by atoms with Crippen LogP contribution >= 0.6 is 0 Å². The second-order valence-corrected chi connectivity index (χ2v) is 4.39. The van der Waals surface area contributed by atoms with Crippen LogP contribution < -0.4 is 0 Å². The van der Waals surface area contributed by atoms with E-state index in [9.17, 15) is 14.7 Å². The molecule has 3 N–H and O–H groups in total. The first kappa shape index (κ1) is 14.7. The minimum atomic E-state index is -1.11. The Labute approximate surface area is 106 Å². The number of β-amino-alcohol motifs (C(OH)–C–C–N with tert-alkyl or cyclic N) is 1. The summed E-state index contributed by atoms with van der Waals surface area (Å²) in [6.07, 6.45) is -0.0207. The number of aliphatic hydroxyl groups is 2. The van der Waals surface area contributed by atoms with Gasteiger partial charge < -0.3 is 25.1 Å². The monoisotopic (exact) mass is 260 g/mol. The predicted molar refractivity (Wildman–Crippen MR) is 63.1 cm³/mol. The molecule has 1 saturated heterocycles. The van der Waals surface area contributed by atoms with Crippen molar-refractivity contribution in [2.75, 3.05) is 26.2 Å². The number of nitrogens with zero attached hydrogens (tertiary/aromatic N) is 2. The van der Waals surface area contributed by atoms with Crippen molar-refractivity contribution in [2.24, 2.45) is 0 Å². The molecule has 1 heterocycles. The van der Waals surface area contributed by atoms with Gasteiger partial charge in [0.25, 0.3) is 0 Å². The number of carboxylic acid groups (broad SMARTS) is 1. The molecule has 0 bridgehead atoms. The number of carbonyl (C=O) groups excluding carboxylic acids is 1. The summed E-state index contributed by atoms with van der Waals surface area (Å²) >= 11 is 0. The lowest BCUT2D eigenvalue weighted by Crippen LogP contribution is -2.49. The summed E-state index contributed by atoms with van der Waals surface area (Å²) in [6, 6.07) is -1.42. The van der Waals surface area contributed by atoms with E-state index in [1.54, 1.807) is 0 Å². The van der Waals surface area contributed by atoms with Gasteiger partial charge in [0.15, 0.2) is 0 Å². The third-order valence-corrected chi connectivity index (χ3v) is 2.94. The van der Waals surface area contributed by atoms with E-state index in [2.05, 4.69) is 0 Å². The van der Waals surface area contributed by atoms with Gasteiger partial charge in [-0.25, -0.2) is 9.59 Å². The molecule has 104 valence electrons. The molecule has 7 nitrogen and oxygen atoms in total. The van der Waals surface area contributed by atoms with Crippen molar-refractivity contribution in [3.8, 4) is 0 Å². The van der Waals surface area contributed by atoms with Gasteiger partial charge in [-0.05, 0) is 6.42 Å². The second kappa shape index (κ2) is 6.55. The quantitative estimate of drug-likeness (QED) is 0.608. The van der Waals surface area contributed by atoms with Gasteiger partial charge >= 0.3 is 12.0 Å². The van der Waals surface area contributed by atoms with E-state index in [0.717, 1.165) is 6.42 Å². The Bertz CT molecular complexity index is 304. The van der Waals surface area contributed by atoms with E-state index in [0.29, 0.717) is 6.54 Å². The summed E-state index contributed by atoms with van der Waals surface area (Å²) in [5.74, 6) is -1.11. The lowest BCUT2D eigenvalue weighted by atomic mass is 10.2. The zero-order chi connectivity index (χ0) is 13.7. The van der Waals surface area contributed by atoms with E-state index in [4.69, 9.17) is 10.2 Å². The Hall–Kier alpha value is -1.34. The fourth-order valence-corrected chi connectivity index (χ4v) is 2.13. The lowest BCUT2D eigenvalue weighted by Gasteiger charge is -2.29. The number of hydrogen-bond donors (Lipinski definition) is 3. The molecule has 0 aromatic rings. The zero-order valence-corrected chi connectivity index (χ0v) is 10.4. The average Bonchev–Trinajstić information content (AvgIpc) is 2.70. The minimum absolute atomic E-state index is 0.0292. The molecule has 18 heavy (non-hydrogen) atoms. The Morgan fingerprint density at radius 2 is 2.06 bits per heavy atom.